The summed E-state index contributed by atoms with van der Waals surface area (Å²) in [6.07, 6.45) is 13.2. The van der Waals surface area contributed by atoms with Crippen molar-refractivity contribution < 1.29 is 23.9 Å². The second-order valence-corrected chi connectivity index (χ2v) is 12.4. The Balaban J connectivity index is 1.26. The Bertz CT molecular complexity index is 1170. The normalized spacial score (nSPS) is 33.2. The Morgan fingerprint density at radius 3 is 2.51 bits per heavy atom. The van der Waals surface area contributed by atoms with Crippen molar-refractivity contribution in [2.45, 2.75) is 94.5 Å². The molecule has 3 amide bonds. The minimum absolute atomic E-state index is 0.118. The van der Waals surface area contributed by atoms with Gasteiger partial charge >= 0.3 is 0 Å². The highest BCUT2D eigenvalue weighted by molar-refractivity contribution is 6.02. The van der Waals surface area contributed by atoms with Crippen LogP contribution in [-0.2, 0) is 19.1 Å². The molecule has 222 valence electrons. The van der Waals surface area contributed by atoms with E-state index in [1.165, 1.54) is 19.3 Å². The van der Waals surface area contributed by atoms with Crippen molar-refractivity contribution in [3.63, 3.8) is 0 Å². The lowest BCUT2D eigenvalue weighted by Gasteiger charge is -2.38. The number of nitrogens with zero attached hydrogens (tertiary/aromatic N) is 2. The van der Waals surface area contributed by atoms with Crippen molar-refractivity contribution in [1.82, 2.24) is 15.1 Å². The van der Waals surface area contributed by atoms with Crippen molar-refractivity contribution >= 4 is 23.4 Å². The summed E-state index contributed by atoms with van der Waals surface area (Å²) in [5, 5.41) is 6.27. The summed E-state index contributed by atoms with van der Waals surface area (Å²) < 4.78 is 11.8. The predicted molar refractivity (Wildman–Crippen MR) is 155 cm³/mol. The standard InChI is InChI=1S/C32H44N4O5/c1-3-23-11-7-8-18-35(23)19-20-36-28(30(38)34-21-9-5-4-6-10-21)32-17-16-25(41-32)26(27(32)31(36)39)29(37)33-22-12-14-24(40-2)15-13-22/h12-17,21,23,25-28H,3-11,18-20H2,1-2H3,(H,33,37)(H,34,38)/t23?,25-,26?,27-,28?,32+/m0/s1. The molecule has 2 bridgehead atoms. The maximum Gasteiger partial charge on any atom is 0.246 e. The molecule has 1 aromatic rings. The topological polar surface area (TPSA) is 100 Å². The van der Waals surface area contributed by atoms with Gasteiger partial charge in [0.2, 0.25) is 17.7 Å². The molecule has 4 heterocycles. The third kappa shape index (κ3) is 5.16. The first-order chi connectivity index (χ1) is 19.9. The molecular weight excluding hydrogens is 520 g/mol. The van der Waals surface area contributed by atoms with Crippen molar-refractivity contribution in [3.8, 4) is 5.75 Å². The molecule has 4 aliphatic heterocycles. The number of hydrogen-bond acceptors (Lipinski definition) is 6. The van der Waals surface area contributed by atoms with Crippen LogP contribution < -0.4 is 15.4 Å². The number of piperidine rings is 1. The first-order valence-electron chi connectivity index (χ1n) is 15.6. The Kier molecular flexibility index (Phi) is 8.10. The fraction of sp³-hybridized carbons (Fsp3) is 0.656. The highest BCUT2D eigenvalue weighted by Gasteiger charge is 2.72. The van der Waals surface area contributed by atoms with E-state index in [1.807, 2.05) is 12.2 Å². The zero-order chi connectivity index (χ0) is 28.6. The first-order valence-corrected chi connectivity index (χ1v) is 15.6. The fourth-order valence-electron chi connectivity index (χ4n) is 7.99. The summed E-state index contributed by atoms with van der Waals surface area (Å²) in [6, 6.07) is 6.96. The SMILES string of the molecule is CCC1CCCCN1CCN1C(=O)[C@@H]2C(C(=O)Nc3ccc(OC)cc3)[C@@H]3C=C[C@]2(O3)C1C(=O)NC1CCCCC1. The fourth-order valence-corrected chi connectivity index (χ4v) is 7.99. The van der Waals surface area contributed by atoms with Crippen molar-refractivity contribution in [2.24, 2.45) is 11.8 Å². The monoisotopic (exact) mass is 564 g/mol. The molecule has 5 aliphatic rings. The van der Waals surface area contributed by atoms with Crippen LogP contribution in [0, 0.1) is 11.8 Å². The van der Waals surface area contributed by atoms with Gasteiger partial charge in [-0.3, -0.25) is 19.3 Å². The molecule has 9 heteroatoms. The number of methoxy groups -OCH3 is 1. The van der Waals surface area contributed by atoms with Crippen LogP contribution in [0.15, 0.2) is 36.4 Å². The van der Waals surface area contributed by atoms with Crippen LogP contribution in [0.1, 0.15) is 64.7 Å². The number of amides is 3. The number of nitrogens with one attached hydrogen (secondary N) is 2. The van der Waals surface area contributed by atoms with E-state index in [0.29, 0.717) is 24.0 Å². The number of likely N-dealkylation sites (tertiary alicyclic amines) is 2. The Labute approximate surface area is 243 Å². The molecule has 9 nitrogen and oxygen atoms in total. The Morgan fingerprint density at radius 2 is 1.78 bits per heavy atom. The van der Waals surface area contributed by atoms with Gasteiger partial charge in [-0.15, -0.1) is 0 Å². The first kappa shape index (κ1) is 28.2. The molecule has 1 aliphatic carbocycles. The predicted octanol–water partition coefficient (Wildman–Crippen LogP) is 3.50. The molecule has 41 heavy (non-hydrogen) atoms. The molecule has 3 saturated heterocycles. The largest absolute Gasteiger partial charge is 0.497 e. The van der Waals surface area contributed by atoms with Crippen LogP contribution in [0.2, 0.25) is 0 Å². The third-order valence-corrected chi connectivity index (χ3v) is 10.1. The summed E-state index contributed by atoms with van der Waals surface area (Å²) in [6.45, 7) is 4.40. The number of fused-ring (bicyclic) bond motifs is 1. The molecule has 6 rings (SSSR count). The van der Waals surface area contributed by atoms with E-state index in [9.17, 15) is 14.4 Å². The number of carbonyl (C=O) groups is 3. The van der Waals surface area contributed by atoms with Gasteiger partial charge in [-0.1, -0.05) is 44.8 Å². The van der Waals surface area contributed by atoms with Gasteiger partial charge in [0.05, 0.1) is 25.0 Å². The quantitative estimate of drug-likeness (QED) is 0.446. The van der Waals surface area contributed by atoms with E-state index in [-0.39, 0.29) is 23.8 Å². The molecule has 0 radical (unpaired) electrons. The molecule has 1 spiro atoms. The van der Waals surface area contributed by atoms with Gasteiger partial charge in [-0.05, 0) is 62.9 Å². The minimum atomic E-state index is -1.13. The van der Waals surface area contributed by atoms with E-state index in [1.54, 1.807) is 36.3 Å². The summed E-state index contributed by atoms with van der Waals surface area (Å²) in [5.41, 5.74) is -0.504. The molecule has 1 aromatic carbocycles. The van der Waals surface area contributed by atoms with E-state index in [0.717, 1.165) is 51.6 Å². The average Bonchev–Trinajstić information content (AvgIpc) is 3.64. The zero-order valence-electron chi connectivity index (χ0n) is 24.3. The highest BCUT2D eigenvalue weighted by Crippen LogP contribution is 2.55. The lowest BCUT2D eigenvalue weighted by molar-refractivity contribution is -0.141. The second kappa shape index (κ2) is 11.8. The lowest BCUT2D eigenvalue weighted by atomic mass is 9.74. The molecule has 4 fully saturated rings. The van der Waals surface area contributed by atoms with Gasteiger partial charge in [0.15, 0.2) is 0 Å². The van der Waals surface area contributed by atoms with Gasteiger partial charge in [0, 0.05) is 30.9 Å². The lowest BCUT2D eigenvalue weighted by Crippen LogP contribution is -2.57. The summed E-state index contributed by atoms with van der Waals surface area (Å²) in [7, 11) is 1.60. The van der Waals surface area contributed by atoms with Crippen molar-refractivity contribution in [2.75, 3.05) is 32.1 Å². The van der Waals surface area contributed by atoms with Crippen LogP contribution in [0.5, 0.6) is 5.75 Å². The highest BCUT2D eigenvalue weighted by atomic mass is 16.5. The third-order valence-electron chi connectivity index (χ3n) is 10.1. The number of ether oxygens (including phenoxy) is 2. The number of benzene rings is 1. The van der Waals surface area contributed by atoms with Gasteiger partial charge in [0.1, 0.15) is 17.4 Å². The summed E-state index contributed by atoms with van der Waals surface area (Å²) >= 11 is 0. The summed E-state index contributed by atoms with van der Waals surface area (Å²) in [5.74, 6) is -1.31. The Hall–Kier alpha value is -2.91. The number of carbonyl (C=O) groups excluding carboxylic acids is 3. The van der Waals surface area contributed by atoms with Crippen LogP contribution in [0.4, 0.5) is 5.69 Å². The van der Waals surface area contributed by atoms with Crippen LogP contribution >= 0.6 is 0 Å². The maximum atomic E-state index is 14.3. The smallest absolute Gasteiger partial charge is 0.246 e. The minimum Gasteiger partial charge on any atom is -0.497 e. The van der Waals surface area contributed by atoms with Gasteiger partial charge in [0.25, 0.3) is 0 Å². The molecular formula is C32H44N4O5. The van der Waals surface area contributed by atoms with Crippen LogP contribution in [-0.4, -0.2) is 84.1 Å². The van der Waals surface area contributed by atoms with E-state index in [2.05, 4.69) is 22.5 Å². The summed E-state index contributed by atoms with van der Waals surface area (Å²) in [4.78, 5) is 46.2. The van der Waals surface area contributed by atoms with E-state index < -0.39 is 29.6 Å². The molecule has 2 N–H and O–H groups in total. The average molecular weight is 565 g/mol. The molecule has 1 saturated carbocycles. The van der Waals surface area contributed by atoms with Gasteiger partial charge < -0.3 is 25.0 Å². The molecule has 3 unspecified atom stereocenters. The van der Waals surface area contributed by atoms with Crippen LogP contribution in [0.25, 0.3) is 0 Å². The van der Waals surface area contributed by atoms with E-state index in [4.69, 9.17) is 9.47 Å². The van der Waals surface area contributed by atoms with Crippen molar-refractivity contribution in [3.05, 3.63) is 36.4 Å². The van der Waals surface area contributed by atoms with Crippen molar-refractivity contribution in [1.29, 1.82) is 0 Å². The molecule has 6 atom stereocenters. The van der Waals surface area contributed by atoms with Crippen LogP contribution in [0.3, 0.4) is 0 Å². The molecule has 0 aromatic heterocycles. The number of hydrogen-bond donors (Lipinski definition) is 2. The Morgan fingerprint density at radius 1 is 1.02 bits per heavy atom. The number of rotatable bonds is 9. The van der Waals surface area contributed by atoms with Gasteiger partial charge in [-0.25, -0.2) is 0 Å². The number of anilines is 1. The second-order valence-electron chi connectivity index (χ2n) is 12.4. The van der Waals surface area contributed by atoms with Gasteiger partial charge in [-0.2, -0.15) is 0 Å². The maximum absolute atomic E-state index is 14.3. The van der Waals surface area contributed by atoms with E-state index >= 15 is 0 Å². The zero-order valence-corrected chi connectivity index (χ0v) is 24.3.